The number of benzene rings is 1. The molecule has 19 heavy (non-hydrogen) atoms. The van der Waals surface area contributed by atoms with Gasteiger partial charge < -0.3 is 10.5 Å². The van der Waals surface area contributed by atoms with Crippen molar-refractivity contribution in [3.05, 3.63) is 29.8 Å². The Morgan fingerprint density at radius 3 is 2.68 bits per heavy atom. The van der Waals surface area contributed by atoms with E-state index in [1.165, 1.54) is 0 Å². The summed E-state index contributed by atoms with van der Waals surface area (Å²) >= 11 is 0. The van der Waals surface area contributed by atoms with Crippen LogP contribution >= 0.6 is 0 Å². The second-order valence-corrected chi connectivity index (χ2v) is 4.53. The predicted molar refractivity (Wildman–Crippen MR) is 69.1 cm³/mol. The highest BCUT2D eigenvalue weighted by atomic mass is 19.4. The summed E-state index contributed by atoms with van der Waals surface area (Å²) in [5, 5.41) is 0. The quantitative estimate of drug-likeness (QED) is 0.809. The van der Waals surface area contributed by atoms with Crippen LogP contribution < -0.4 is 10.5 Å². The molecule has 1 aromatic rings. The Morgan fingerprint density at radius 1 is 1.32 bits per heavy atom. The van der Waals surface area contributed by atoms with E-state index in [-0.39, 0.29) is 12.5 Å². The molecule has 0 aliphatic heterocycles. The topological polar surface area (TPSA) is 35.2 Å². The molecule has 1 unspecified atom stereocenters. The maximum absolute atomic E-state index is 12.1. The van der Waals surface area contributed by atoms with Crippen molar-refractivity contribution in [2.75, 3.05) is 6.61 Å². The van der Waals surface area contributed by atoms with E-state index in [9.17, 15) is 13.2 Å². The Bertz CT molecular complexity index is 379. The monoisotopic (exact) mass is 275 g/mol. The smallest absolute Gasteiger partial charge is 0.389 e. The van der Waals surface area contributed by atoms with Crippen LogP contribution in [-0.4, -0.2) is 12.8 Å². The van der Waals surface area contributed by atoms with Gasteiger partial charge in [0.1, 0.15) is 5.75 Å². The van der Waals surface area contributed by atoms with Gasteiger partial charge in [0.2, 0.25) is 0 Å². The van der Waals surface area contributed by atoms with Gasteiger partial charge in [-0.25, -0.2) is 0 Å². The Labute approximate surface area is 111 Å². The normalized spacial score (nSPS) is 13.3. The molecule has 108 valence electrons. The van der Waals surface area contributed by atoms with E-state index in [2.05, 4.69) is 0 Å². The average Bonchev–Trinajstić information content (AvgIpc) is 2.35. The third kappa shape index (κ3) is 6.47. The molecule has 0 saturated heterocycles. The van der Waals surface area contributed by atoms with Crippen molar-refractivity contribution in [1.82, 2.24) is 0 Å². The number of alkyl halides is 3. The highest BCUT2D eigenvalue weighted by molar-refractivity contribution is 5.30. The first-order valence-electron chi connectivity index (χ1n) is 6.47. The second kappa shape index (κ2) is 7.38. The van der Waals surface area contributed by atoms with Crippen molar-refractivity contribution in [3.63, 3.8) is 0 Å². The zero-order valence-electron chi connectivity index (χ0n) is 11.0. The summed E-state index contributed by atoms with van der Waals surface area (Å²) in [6.45, 7) is 2.62. The maximum Gasteiger partial charge on any atom is 0.389 e. The molecule has 0 aliphatic carbocycles. The number of halogens is 3. The Kier molecular flexibility index (Phi) is 6.15. The Balaban J connectivity index is 2.49. The highest BCUT2D eigenvalue weighted by Crippen LogP contribution is 2.26. The number of ether oxygens (including phenoxy) is 1. The summed E-state index contributed by atoms with van der Waals surface area (Å²) in [5.74, 6) is 0.714. The first-order chi connectivity index (χ1) is 8.92. The van der Waals surface area contributed by atoms with Crippen LogP contribution in [0, 0.1) is 0 Å². The van der Waals surface area contributed by atoms with Crippen LogP contribution in [0.4, 0.5) is 13.2 Å². The van der Waals surface area contributed by atoms with Gasteiger partial charge in [0.05, 0.1) is 6.61 Å². The molecule has 2 N–H and O–H groups in total. The van der Waals surface area contributed by atoms with E-state index in [0.717, 1.165) is 12.0 Å². The van der Waals surface area contributed by atoms with Crippen LogP contribution in [0.25, 0.3) is 0 Å². The molecule has 0 saturated carbocycles. The summed E-state index contributed by atoms with van der Waals surface area (Å²) in [7, 11) is 0. The van der Waals surface area contributed by atoms with Gasteiger partial charge in [-0.2, -0.15) is 13.2 Å². The van der Waals surface area contributed by atoms with Crippen LogP contribution in [0.5, 0.6) is 5.75 Å². The SMILES string of the molecule is CCCOc1cccc(C(N)CCCC(F)(F)F)c1. The van der Waals surface area contributed by atoms with Crippen LogP contribution in [-0.2, 0) is 0 Å². The molecule has 0 spiro atoms. The summed E-state index contributed by atoms with van der Waals surface area (Å²) in [5.41, 5.74) is 6.71. The van der Waals surface area contributed by atoms with Gasteiger partial charge >= 0.3 is 6.18 Å². The van der Waals surface area contributed by atoms with Gasteiger partial charge in [-0.1, -0.05) is 19.1 Å². The number of nitrogens with two attached hydrogens (primary N) is 1. The molecular formula is C14H20F3NO. The molecule has 1 aromatic carbocycles. The summed E-state index contributed by atoms with van der Waals surface area (Å²) < 4.78 is 41.6. The lowest BCUT2D eigenvalue weighted by Crippen LogP contribution is -2.13. The standard InChI is InChI=1S/C14H20F3NO/c1-2-9-19-12-6-3-5-11(10-12)13(18)7-4-8-14(15,16)17/h3,5-6,10,13H,2,4,7-9,18H2,1H3. The minimum absolute atomic E-state index is 0.0463. The van der Waals surface area contributed by atoms with Gasteiger partial charge in [0.25, 0.3) is 0 Å². The van der Waals surface area contributed by atoms with Crippen molar-refractivity contribution in [2.24, 2.45) is 5.73 Å². The third-order valence-corrected chi connectivity index (χ3v) is 2.73. The van der Waals surface area contributed by atoms with Crippen LogP contribution in [0.1, 0.15) is 44.2 Å². The predicted octanol–water partition coefficient (Wildman–Crippen LogP) is 4.21. The van der Waals surface area contributed by atoms with Crippen LogP contribution in [0.2, 0.25) is 0 Å². The molecule has 0 fully saturated rings. The fourth-order valence-corrected chi connectivity index (χ4v) is 1.74. The largest absolute Gasteiger partial charge is 0.494 e. The third-order valence-electron chi connectivity index (χ3n) is 2.73. The molecule has 0 aromatic heterocycles. The molecule has 1 rings (SSSR count). The minimum atomic E-state index is -4.11. The minimum Gasteiger partial charge on any atom is -0.494 e. The van der Waals surface area contributed by atoms with Gasteiger partial charge in [-0.15, -0.1) is 0 Å². The Morgan fingerprint density at radius 2 is 2.05 bits per heavy atom. The molecule has 0 heterocycles. The summed E-state index contributed by atoms with van der Waals surface area (Å²) in [4.78, 5) is 0. The first kappa shape index (κ1) is 15.8. The fourth-order valence-electron chi connectivity index (χ4n) is 1.74. The van der Waals surface area contributed by atoms with Crippen molar-refractivity contribution < 1.29 is 17.9 Å². The first-order valence-corrected chi connectivity index (χ1v) is 6.47. The zero-order chi connectivity index (χ0) is 14.3. The van der Waals surface area contributed by atoms with Gasteiger partial charge in [0, 0.05) is 12.5 Å². The lowest BCUT2D eigenvalue weighted by atomic mass is 10.0. The number of hydrogen-bond acceptors (Lipinski definition) is 2. The maximum atomic E-state index is 12.1. The van der Waals surface area contributed by atoms with E-state index in [4.69, 9.17) is 10.5 Å². The molecule has 0 aliphatic rings. The lowest BCUT2D eigenvalue weighted by molar-refractivity contribution is -0.135. The molecular weight excluding hydrogens is 255 g/mol. The van der Waals surface area contributed by atoms with Crippen LogP contribution in [0.3, 0.4) is 0 Å². The van der Waals surface area contributed by atoms with E-state index in [1.54, 1.807) is 6.07 Å². The number of hydrogen-bond donors (Lipinski definition) is 1. The summed E-state index contributed by atoms with van der Waals surface area (Å²) in [6.07, 6.45) is -3.62. The van der Waals surface area contributed by atoms with E-state index < -0.39 is 12.6 Å². The molecule has 0 amide bonds. The van der Waals surface area contributed by atoms with Crippen molar-refractivity contribution in [1.29, 1.82) is 0 Å². The second-order valence-electron chi connectivity index (χ2n) is 4.53. The van der Waals surface area contributed by atoms with Crippen molar-refractivity contribution >= 4 is 0 Å². The average molecular weight is 275 g/mol. The molecule has 1 atom stereocenters. The highest BCUT2D eigenvalue weighted by Gasteiger charge is 2.26. The molecule has 5 heteroatoms. The van der Waals surface area contributed by atoms with Crippen LogP contribution in [0.15, 0.2) is 24.3 Å². The number of rotatable bonds is 7. The molecule has 2 nitrogen and oxygen atoms in total. The fraction of sp³-hybridized carbons (Fsp3) is 0.571. The molecule has 0 bridgehead atoms. The summed E-state index contributed by atoms with van der Waals surface area (Å²) in [6, 6.07) is 6.86. The van der Waals surface area contributed by atoms with Crippen molar-refractivity contribution in [2.45, 2.75) is 44.8 Å². The van der Waals surface area contributed by atoms with Gasteiger partial charge in [-0.05, 0) is 37.0 Å². The zero-order valence-corrected chi connectivity index (χ0v) is 11.0. The Hall–Kier alpha value is -1.23. The van der Waals surface area contributed by atoms with Gasteiger partial charge in [-0.3, -0.25) is 0 Å². The lowest BCUT2D eigenvalue weighted by Gasteiger charge is -2.14. The molecule has 0 radical (unpaired) electrons. The van der Waals surface area contributed by atoms with E-state index in [1.807, 2.05) is 25.1 Å². The van der Waals surface area contributed by atoms with E-state index >= 15 is 0 Å². The van der Waals surface area contributed by atoms with Gasteiger partial charge in [0.15, 0.2) is 0 Å². The van der Waals surface area contributed by atoms with Crippen molar-refractivity contribution in [3.8, 4) is 5.75 Å². The van der Waals surface area contributed by atoms with E-state index in [0.29, 0.717) is 18.8 Å².